The van der Waals surface area contributed by atoms with E-state index >= 15 is 0 Å². The van der Waals surface area contributed by atoms with Gasteiger partial charge in [0.1, 0.15) is 0 Å². The van der Waals surface area contributed by atoms with Crippen LogP contribution in [0.4, 0.5) is 0 Å². The molecule has 2 rings (SSSR count). The van der Waals surface area contributed by atoms with Crippen molar-refractivity contribution in [2.24, 2.45) is 17.8 Å². The van der Waals surface area contributed by atoms with Crippen molar-refractivity contribution in [3.05, 3.63) is 21.3 Å². The molecule has 19 heavy (non-hydrogen) atoms. The van der Waals surface area contributed by atoms with Crippen molar-refractivity contribution in [2.75, 3.05) is 7.05 Å². The summed E-state index contributed by atoms with van der Waals surface area (Å²) >= 11 is 7.75. The lowest BCUT2D eigenvalue weighted by molar-refractivity contribution is 0.192. The molecule has 1 fully saturated rings. The quantitative estimate of drug-likeness (QED) is 0.807. The predicted octanol–water partition coefficient (Wildman–Crippen LogP) is 4.99. The summed E-state index contributed by atoms with van der Waals surface area (Å²) in [4.78, 5) is 1.41. The zero-order valence-corrected chi connectivity index (χ0v) is 13.9. The lowest BCUT2D eigenvalue weighted by Gasteiger charge is -2.35. The molecule has 108 valence electrons. The van der Waals surface area contributed by atoms with E-state index in [0.717, 1.165) is 28.5 Å². The van der Waals surface area contributed by atoms with Crippen molar-refractivity contribution in [1.29, 1.82) is 0 Å². The lowest BCUT2D eigenvalue weighted by atomic mass is 9.74. The Morgan fingerprint density at radius 1 is 1.21 bits per heavy atom. The fraction of sp³-hybridized carbons (Fsp3) is 0.750. The molecule has 1 heterocycles. The summed E-state index contributed by atoms with van der Waals surface area (Å²) in [7, 11) is 2.11. The molecular weight excluding hydrogens is 274 g/mol. The first kappa shape index (κ1) is 15.3. The topological polar surface area (TPSA) is 12.0 Å². The van der Waals surface area contributed by atoms with Gasteiger partial charge in [0.05, 0.1) is 4.34 Å². The Morgan fingerprint density at radius 3 is 2.32 bits per heavy atom. The van der Waals surface area contributed by atoms with Crippen molar-refractivity contribution in [2.45, 2.75) is 52.0 Å². The molecule has 0 aliphatic heterocycles. The van der Waals surface area contributed by atoms with Crippen molar-refractivity contribution >= 4 is 22.9 Å². The highest BCUT2D eigenvalue weighted by Gasteiger charge is 2.28. The number of hydrogen-bond acceptors (Lipinski definition) is 2. The van der Waals surface area contributed by atoms with Crippen LogP contribution >= 0.6 is 22.9 Å². The number of nitrogens with one attached hydrogen (secondary N) is 1. The van der Waals surface area contributed by atoms with Crippen LogP contribution < -0.4 is 5.32 Å². The van der Waals surface area contributed by atoms with Gasteiger partial charge in [0.2, 0.25) is 0 Å². The smallest absolute Gasteiger partial charge is 0.0931 e. The van der Waals surface area contributed by atoms with Crippen LogP contribution in [-0.2, 0) is 6.42 Å². The van der Waals surface area contributed by atoms with Gasteiger partial charge in [0, 0.05) is 10.9 Å². The molecule has 0 saturated heterocycles. The van der Waals surface area contributed by atoms with Gasteiger partial charge in [-0.05, 0) is 69.0 Å². The molecule has 0 bridgehead atoms. The third-order valence-electron chi connectivity index (χ3n) is 4.75. The van der Waals surface area contributed by atoms with Crippen LogP contribution in [0.1, 0.15) is 44.4 Å². The van der Waals surface area contributed by atoms with E-state index < -0.39 is 0 Å². The second-order valence-electron chi connectivity index (χ2n) is 6.22. The monoisotopic (exact) mass is 299 g/mol. The molecule has 0 amide bonds. The molecular formula is C16H26ClNS. The minimum atomic E-state index is 0.614. The highest BCUT2D eigenvalue weighted by molar-refractivity contribution is 7.16. The van der Waals surface area contributed by atoms with Gasteiger partial charge in [-0.25, -0.2) is 0 Å². The van der Waals surface area contributed by atoms with Gasteiger partial charge in [-0.1, -0.05) is 25.4 Å². The summed E-state index contributed by atoms with van der Waals surface area (Å²) in [6.07, 6.45) is 6.71. The van der Waals surface area contributed by atoms with Crippen molar-refractivity contribution in [3.8, 4) is 0 Å². The Morgan fingerprint density at radius 2 is 1.84 bits per heavy atom. The number of hydrogen-bond donors (Lipinski definition) is 1. The molecule has 1 unspecified atom stereocenters. The summed E-state index contributed by atoms with van der Waals surface area (Å²) in [6, 6.07) is 4.81. The maximum Gasteiger partial charge on any atom is 0.0931 e. The van der Waals surface area contributed by atoms with E-state index in [0.29, 0.717) is 6.04 Å². The maximum atomic E-state index is 6.02. The van der Waals surface area contributed by atoms with Gasteiger partial charge in [-0.3, -0.25) is 0 Å². The van der Waals surface area contributed by atoms with E-state index in [1.54, 1.807) is 11.3 Å². The first-order valence-electron chi connectivity index (χ1n) is 7.51. The highest BCUT2D eigenvalue weighted by atomic mass is 35.5. The molecule has 0 aromatic carbocycles. The molecule has 1 aliphatic rings. The van der Waals surface area contributed by atoms with E-state index in [1.807, 2.05) is 6.07 Å². The number of thiophene rings is 1. The first-order chi connectivity index (χ1) is 9.10. The number of halogens is 1. The van der Waals surface area contributed by atoms with E-state index in [1.165, 1.54) is 30.6 Å². The van der Waals surface area contributed by atoms with Crippen molar-refractivity contribution < 1.29 is 0 Å². The standard InChI is InChI=1S/C16H26ClNS/c1-11(2)12-4-6-13(7-5-12)15(18-3)10-14-8-9-16(17)19-14/h8-9,11-13,15,18H,4-7,10H2,1-3H3. The second-order valence-corrected chi connectivity index (χ2v) is 8.02. The van der Waals surface area contributed by atoms with Crippen LogP contribution in [0, 0.1) is 17.8 Å². The van der Waals surface area contributed by atoms with Crippen LogP contribution in [0.15, 0.2) is 12.1 Å². The van der Waals surface area contributed by atoms with E-state index in [9.17, 15) is 0 Å². The Hall–Kier alpha value is -0.0500. The van der Waals surface area contributed by atoms with E-state index in [2.05, 4.69) is 32.3 Å². The van der Waals surface area contributed by atoms with Gasteiger partial charge in [-0.2, -0.15) is 0 Å². The molecule has 1 aliphatic carbocycles. The minimum absolute atomic E-state index is 0.614. The SMILES string of the molecule is CNC(Cc1ccc(Cl)s1)C1CCC(C(C)C)CC1. The normalized spacial score (nSPS) is 25.7. The lowest BCUT2D eigenvalue weighted by Crippen LogP contribution is -2.38. The predicted molar refractivity (Wildman–Crippen MR) is 86.2 cm³/mol. The Balaban J connectivity index is 1.88. The Bertz CT molecular complexity index is 380. The van der Waals surface area contributed by atoms with Crippen LogP contribution in [0.5, 0.6) is 0 Å². The van der Waals surface area contributed by atoms with Crippen LogP contribution in [-0.4, -0.2) is 13.1 Å². The van der Waals surface area contributed by atoms with E-state index in [-0.39, 0.29) is 0 Å². The van der Waals surface area contributed by atoms with Gasteiger partial charge in [0.25, 0.3) is 0 Å². The number of rotatable bonds is 5. The molecule has 1 aromatic rings. The van der Waals surface area contributed by atoms with Gasteiger partial charge >= 0.3 is 0 Å². The summed E-state index contributed by atoms with van der Waals surface area (Å²) in [5, 5.41) is 3.54. The molecule has 1 saturated carbocycles. The van der Waals surface area contributed by atoms with Crippen LogP contribution in [0.2, 0.25) is 4.34 Å². The van der Waals surface area contributed by atoms with Crippen molar-refractivity contribution in [1.82, 2.24) is 5.32 Å². The summed E-state index contributed by atoms with van der Waals surface area (Å²) < 4.78 is 0.911. The average molecular weight is 300 g/mol. The third-order valence-corrected chi connectivity index (χ3v) is 6.00. The Labute approximate surface area is 126 Å². The molecule has 1 N–H and O–H groups in total. The number of likely N-dealkylation sites (N-methyl/N-ethyl adjacent to an activating group) is 1. The fourth-order valence-corrected chi connectivity index (χ4v) is 4.54. The molecule has 3 heteroatoms. The first-order valence-corrected chi connectivity index (χ1v) is 8.71. The summed E-state index contributed by atoms with van der Waals surface area (Å²) in [5.41, 5.74) is 0. The summed E-state index contributed by atoms with van der Waals surface area (Å²) in [6.45, 7) is 4.74. The zero-order valence-electron chi connectivity index (χ0n) is 12.3. The second kappa shape index (κ2) is 7.10. The Kier molecular flexibility index (Phi) is 5.73. The van der Waals surface area contributed by atoms with Gasteiger partial charge < -0.3 is 5.32 Å². The zero-order chi connectivity index (χ0) is 13.8. The molecule has 1 nitrogen and oxygen atoms in total. The fourth-order valence-electron chi connectivity index (χ4n) is 3.40. The minimum Gasteiger partial charge on any atom is -0.316 e. The average Bonchev–Trinajstić information content (AvgIpc) is 2.81. The third kappa shape index (κ3) is 4.21. The maximum absolute atomic E-state index is 6.02. The molecule has 1 atom stereocenters. The molecule has 1 aromatic heterocycles. The van der Waals surface area contributed by atoms with Crippen molar-refractivity contribution in [3.63, 3.8) is 0 Å². The molecule has 0 spiro atoms. The van der Waals surface area contributed by atoms with Gasteiger partial charge in [-0.15, -0.1) is 11.3 Å². The van der Waals surface area contributed by atoms with Gasteiger partial charge in [0.15, 0.2) is 0 Å². The van der Waals surface area contributed by atoms with E-state index in [4.69, 9.17) is 11.6 Å². The van der Waals surface area contributed by atoms with Crippen LogP contribution in [0.25, 0.3) is 0 Å². The summed E-state index contributed by atoms with van der Waals surface area (Å²) in [5.74, 6) is 2.64. The molecule has 0 radical (unpaired) electrons. The highest BCUT2D eigenvalue weighted by Crippen LogP contribution is 2.36. The van der Waals surface area contributed by atoms with Crippen LogP contribution in [0.3, 0.4) is 0 Å². The largest absolute Gasteiger partial charge is 0.316 e.